The highest BCUT2D eigenvalue weighted by molar-refractivity contribution is 5.34. The Morgan fingerprint density at radius 2 is 2.16 bits per heavy atom. The smallest absolute Gasteiger partial charge is 0.293 e. The molecule has 0 spiro atoms. The fourth-order valence-electron chi connectivity index (χ4n) is 1.90. The average molecular weight is 266 g/mol. The summed E-state index contributed by atoms with van der Waals surface area (Å²) in [5.74, 6) is 0.959. The maximum Gasteiger partial charge on any atom is 0.293 e. The van der Waals surface area contributed by atoms with Gasteiger partial charge in [0.1, 0.15) is 0 Å². The molecule has 19 heavy (non-hydrogen) atoms. The number of rotatable bonds is 7. The average Bonchev–Trinajstić information content (AvgIpc) is 2.38. The number of anilines is 1. The van der Waals surface area contributed by atoms with Crippen molar-refractivity contribution >= 4 is 5.82 Å². The van der Waals surface area contributed by atoms with Crippen molar-refractivity contribution in [2.75, 3.05) is 18.5 Å². The summed E-state index contributed by atoms with van der Waals surface area (Å²) >= 11 is 0. The van der Waals surface area contributed by atoms with Gasteiger partial charge in [-0.15, -0.1) is 0 Å². The summed E-state index contributed by atoms with van der Waals surface area (Å²) in [6, 6.07) is 0.157. The number of hydrogen-bond acceptors (Lipinski definition) is 4. The van der Waals surface area contributed by atoms with Gasteiger partial charge in [0.15, 0.2) is 5.82 Å². The van der Waals surface area contributed by atoms with Gasteiger partial charge in [0, 0.05) is 38.6 Å². The summed E-state index contributed by atoms with van der Waals surface area (Å²) in [7, 11) is 1.90. The Morgan fingerprint density at radius 3 is 2.74 bits per heavy atom. The molecule has 0 aromatic carbocycles. The highest BCUT2D eigenvalue weighted by Crippen LogP contribution is 2.07. The van der Waals surface area contributed by atoms with E-state index in [0.29, 0.717) is 11.7 Å². The van der Waals surface area contributed by atoms with E-state index in [0.717, 1.165) is 25.9 Å². The van der Waals surface area contributed by atoms with E-state index in [4.69, 9.17) is 5.73 Å². The third kappa shape index (κ3) is 4.35. The number of aromatic nitrogens is 2. The van der Waals surface area contributed by atoms with Gasteiger partial charge in [0.25, 0.3) is 5.56 Å². The molecule has 0 aliphatic rings. The lowest BCUT2D eigenvalue weighted by molar-refractivity contribution is 0.465. The van der Waals surface area contributed by atoms with Gasteiger partial charge in [-0.1, -0.05) is 20.8 Å². The molecular weight excluding hydrogens is 240 g/mol. The van der Waals surface area contributed by atoms with E-state index in [1.165, 1.54) is 0 Å². The Kier molecular flexibility index (Phi) is 6.02. The van der Waals surface area contributed by atoms with Crippen LogP contribution >= 0.6 is 0 Å². The topological polar surface area (TPSA) is 64.2 Å². The summed E-state index contributed by atoms with van der Waals surface area (Å²) in [5.41, 5.74) is 6.00. The fourth-order valence-corrected chi connectivity index (χ4v) is 1.90. The predicted molar refractivity (Wildman–Crippen MR) is 79.5 cm³/mol. The van der Waals surface area contributed by atoms with Crippen LogP contribution in [0.1, 0.15) is 33.6 Å². The van der Waals surface area contributed by atoms with Gasteiger partial charge >= 0.3 is 0 Å². The normalized spacial score (nSPS) is 12.7. The Labute approximate surface area is 115 Å². The first-order valence-electron chi connectivity index (χ1n) is 6.99. The summed E-state index contributed by atoms with van der Waals surface area (Å²) in [6.45, 7) is 7.75. The monoisotopic (exact) mass is 266 g/mol. The van der Waals surface area contributed by atoms with Crippen LogP contribution in [0.4, 0.5) is 5.82 Å². The third-order valence-electron chi connectivity index (χ3n) is 3.38. The van der Waals surface area contributed by atoms with Gasteiger partial charge in [-0.25, -0.2) is 4.98 Å². The molecule has 1 heterocycles. The molecule has 0 aliphatic carbocycles. The maximum atomic E-state index is 12.2. The molecule has 5 heteroatoms. The van der Waals surface area contributed by atoms with E-state index in [2.05, 4.69) is 25.8 Å². The Hall–Kier alpha value is -1.36. The van der Waals surface area contributed by atoms with Gasteiger partial charge in [-0.2, -0.15) is 0 Å². The van der Waals surface area contributed by atoms with Gasteiger partial charge in [-0.05, 0) is 18.8 Å². The lowest BCUT2D eigenvalue weighted by Gasteiger charge is -2.22. The molecule has 1 aromatic rings. The van der Waals surface area contributed by atoms with Gasteiger partial charge in [0.2, 0.25) is 0 Å². The number of nitrogens with zero attached hydrogens (tertiary/aromatic N) is 3. The van der Waals surface area contributed by atoms with Crippen LogP contribution in [0.25, 0.3) is 0 Å². The molecule has 108 valence electrons. The van der Waals surface area contributed by atoms with E-state index >= 15 is 0 Å². The summed E-state index contributed by atoms with van der Waals surface area (Å²) in [6.07, 6.45) is 5.22. The van der Waals surface area contributed by atoms with Gasteiger partial charge in [0.05, 0.1) is 0 Å². The zero-order chi connectivity index (χ0) is 14.4. The highest BCUT2D eigenvalue weighted by atomic mass is 16.1. The lowest BCUT2D eigenvalue weighted by Crippen LogP contribution is -2.35. The molecule has 0 amide bonds. The van der Waals surface area contributed by atoms with Crippen LogP contribution in [0.5, 0.6) is 0 Å². The summed E-state index contributed by atoms with van der Waals surface area (Å²) in [5, 5.41) is 0. The molecule has 2 N–H and O–H groups in total. The minimum atomic E-state index is -0.0232. The second-order valence-corrected chi connectivity index (χ2v) is 5.37. The van der Waals surface area contributed by atoms with Crippen molar-refractivity contribution in [3.8, 4) is 0 Å². The SMILES string of the molecule is CCCn1ccnc(N(C)CCC(N)C(C)C)c1=O. The van der Waals surface area contributed by atoms with Crippen LogP contribution in [-0.4, -0.2) is 29.2 Å². The molecule has 0 fully saturated rings. The molecule has 1 aromatic heterocycles. The zero-order valence-corrected chi connectivity index (χ0v) is 12.5. The molecule has 0 saturated carbocycles. The van der Waals surface area contributed by atoms with Crippen molar-refractivity contribution in [2.24, 2.45) is 11.7 Å². The molecule has 1 unspecified atom stereocenters. The first kappa shape index (κ1) is 15.7. The van der Waals surface area contributed by atoms with Crippen molar-refractivity contribution in [2.45, 2.75) is 46.2 Å². The Bertz CT molecular complexity index is 441. The van der Waals surface area contributed by atoms with E-state index in [1.807, 2.05) is 11.9 Å². The van der Waals surface area contributed by atoms with Crippen LogP contribution in [-0.2, 0) is 6.54 Å². The number of nitrogens with two attached hydrogens (primary N) is 1. The van der Waals surface area contributed by atoms with Crippen molar-refractivity contribution in [3.05, 3.63) is 22.7 Å². The van der Waals surface area contributed by atoms with Crippen molar-refractivity contribution in [1.82, 2.24) is 9.55 Å². The zero-order valence-electron chi connectivity index (χ0n) is 12.5. The predicted octanol–water partition coefficient (Wildman–Crippen LogP) is 1.46. The standard InChI is InChI=1S/C14H26N4O/c1-5-8-18-10-7-16-13(14(18)19)17(4)9-6-12(15)11(2)3/h7,10-12H,5-6,8-9,15H2,1-4H3. The van der Waals surface area contributed by atoms with Crippen molar-refractivity contribution in [1.29, 1.82) is 0 Å². The second-order valence-electron chi connectivity index (χ2n) is 5.37. The second kappa shape index (κ2) is 7.28. The summed E-state index contributed by atoms with van der Waals surface area (Å²) in [4.78, 5) is 18.3. The first-order chi connectivity index (χ1) is 8.97. The summed E-state index contributed by atoms with van der Waals surface area (Å²) < 4.78 is 1.71. The molecule has 1 rings (SSSR count). The van der Waals surface area contributed by atoms with E-state index in [-0.39, 0.29) is 11.6 Å². The molecule has 0 aliphatic heterocycles. The maximum absolute atomic E-state index is 12.2. The Balaban J connectivity index is 2.74. The minimum absolute atomic E-state index is 0.0232. The number of hydrogen-bond donors (Lipinski definition) is 1. The van der Waals surface area contributed by atoms with Crippen LogP contribution in [0, 0.1) is 5.92 Å². The van der Waals surface area contributed by atoms with Crippen LogP contribution in [0.2, 0.25) is 0 Å². The quantitative estimate of drug-likeness (QED) is 0.811. The minimum Gasteiger partial charge on any atom is -0.355 e. The molecule has 0 radical (unpaired) electrons. The third-order valence-corrected chi connectivity index (χ3v) is 3.38. The van der Waals surface area contributed by atoms with Crippen molar-refractivity contribution < 1.29 is 0 Å². The largest absolute Gasteiger partial charge is 0.355 e. The molecule has 1 atom stereocenters. The van der Waals surface area contributed by atoms with Gasteiger partial charge < -0.3 is 15.2 Å². The molecular formula is C14H26N4O. The van der Waals surface area contributed by atoms with E-state index in [1.54, 1.807) is 17.0 Å². The lowest BCUT2D eigenvalue weighted by atomic mass is 10.0. The van der Waals surface area contributed by atoms with E-state index < -0.39 is 0 Å². The first-order valence-corrected chi connectivity index (χ1v) is 6.99. The molecule has 0 saturated heterocycles. The molecule has 5 nitrogen and oxygen atoms in total. The van der Waals surface area contributed by atoms with Crippen LogP contribution in [0.15, 0.2) is 17.2 Å². The van der Waals surface area contributed by atoms with E-state index in [9.17, 15) is 4.79 Å². The highest BCUT2D eigenvalue weighted by Gasteiger charge is 2.13. The van der Waals surface area contributed by atoms with Gasteiger partial charge in [-0.3, -0.25) is 4.79 Å². The van der Waals surface area contributed by atoms with Crippen molar-refractivity contribution in [3.63, 3.8) is 0 Å². The van der Waals surface area contributed by atoms with Crippen LogP contribution in [0.3, 0.4) is 0 Å². The molecule has 0 bridgehead atoms. The van der Waals surface area contributed by atoms with Crippen LogP contribution < -0.4 is 16.2 Å². The Morgan fingerprint density at radius 1 is 1.47 bits per heavy atom. The number of aryl methyl sites for hydroxylation is 1. The fraction of sp³-hybridized carbons (Fsp3) is 0.714.